The molecule has 18 heavy (non-hydrogen) atoms. The molecule has 2 rings (SSSR count). The normalized spacial score (nSPS) is 19.5. The number of rotatable bonds is 4. The Kier molecular flexibility index (Phi) is 4.09. The van der Waals surface area contributed by atoms with E-state index >= 15 is 0 Å². The fraction of sp³-hybridized carbons (Fsp3) is 0.500. The van der Waals surface area contributed by atoms with Crippen molar-refractivity contribution in [2.24, 2.45) is 5.92 Å². The molecular weight excluding hydrogens is 239 g/mol. The summed E-state index contributed by atoms with van der Waals surface area (Å²) in [6.45, 7) is 2.21. The van der Waals surface area contributed by atoms with Crippen molar-refractivity contribution in [1.82, 2.24) is 5.32 Å². The number of piperidine rings is 1. The molecule has 6 heteroatoms. The van der Waals surface area contributed by atoms with Crippen LogP contribution < -0.4 is 10.1 Å². The molecule has 0 spiro atoms. The van der Waals surface area contributed by atoms with Gasteiger partial charge in [0.25, 0.3) is 0 Å². The fourth-order valence-electron chi connectivity index (χ4n) is 2.03. The summed E-state index contributed by atoms with van der Waals surface area (Å²) in [5, 5.41) is 14.0. The summed E-state index contributed by atoms with van der Waals surface area (Å²) in [5.41, 5.74) is -0.194. The van der Waals surface area contributed by atoms with Crippen LogP contribution in [0, 0.1) is 21.8 Å². The predicted molar refractivity (Wildman–Crippen MR) is 64.1 cm³/mol. The zero-order valence-electron chi connectivity index (χ0n) is 9.89. The lowest BCUT2D eigenvalue weighted by molar-refractivity contribution is -0.386. The van der Waals surface area contributed by atoms with Crippen molar-refractivity contribution < 1.29 is 14.1 Å². The molecule has 0 aliphatic carbocycles. The quantitative estimate of drug-likeness (QED) is 0.660. The van der Waals surface area contributed by atoms with Crippen LogP contribution in [0.3, 0.4) is 0 Å². The van der Waals surface area contributed by atoms with Gasteiger partial charge in [-0.25, -0.2) is 4.39 Å². The van der Waals surface area contributed by atoms with Crippen molar-refractivity contribution in [3.8, 4) is 5.75 Å². The highest BCUT2D eigenvalue weighted by atomic mass is 19.1. The van der Waals surface area contributed by atoms with Gasteiger partial charge in [-0.3, -0.25) is 10.1 Å². The molecule has 0 bridgehead atoms. The third-order valence-electron chi connectivity index (χ3n) is 2.99. The zero-order chi connectivity index (χ0) is 13.0. The Morgan fingerprint density at radius 1 is 1.56 bits per heavy atom. The van der Waals surface area contributed by atoms with E-state index < -0.39 is 10.7 Å². The minimum atomic E-state index is -0.562. The van der Waals surface area contributed by atoms with Crippen LogP contribution in [0.15, 0.2) is 18.2 Å². The molecule has 1 aliphatic heterocycles. The second-order valence-corrected chi connectivity index (χ2v) is 4.39. The maximum absolute atomic E-state index is 13.1. The smallest absolute Gasteiger partial charge is 0.311 e. The van der Waals surface area contributed by atoms with Crippen molar-refractivity contribution >= 4 is 5.69 Å². The number of benzene rings is 1. The second kappa shape index (κ2) is 5.77. The number of nitrogens with zero attached hydrogens (tertiary/aromatic N) is 1. The Bertz CT molecular complexity index is 433. The van der Waals surface area contributed by atoms with Crippen LogP contribution in [0.4, 0.5) is 10.1 Å². The molecule has 0 radical (unpaired) electrons. The van der Waals surface area contributed by atoms with Gasteiger partial charge in [-0.1, -0.05) is 0 Å². The minimum absolute atomic E-state index is 0.00516. The number of nitro groups is 1. The topological polar surface area (TPSA) is 64.4 Å². The van der Waals surface area contributed by atoms with E-state index in [9.17, 15) is 14.5 Å². The number of nitrogens with one attached hydrogen (secondary N) is 1. The number of nitro benzene ring substituents is 1. The van der Waals surface area contributed by atoms with Crippen molar-refractivity contribution in [2.45, 2.75) is 12.8 Å². The molecule has 0 aromatic heterocycles. The molecule has 1 aromatic carbocycles. The summed E-state index contributed by atoms with van der Waals surface area (Å²) >= 11 is 0. The monoisotopic (exact) mass is 254 g/mol. The Balaban J connectivity index is 2.03. The number of halogens is 1. The lowest BCUT2D eigenvalue weighted by atomic mass is 10.0. The van der Waals surface area contributed by atoms with Gasteiger partial charge in [0.1, 0.15) is 5.82 Å². The van der Waals surface area contributed by atoms with E-state index in [0.717, 1.165) is 44.1 Å². The average Bonchev–Trinajstić information content (AvgIpc) is 2.37. The summed E-state index contributed by atoms with van der Waals surface area (Å²) in [4.78, 5) is 10.2. The highest BCUT2D eigenvalue weighted by molar-refractivity contribution is 5.46. The predicted octanol–water partition coefficient (Wildman–Crippen LogP) is 2.11. The van der Waals surface area contributed by atoms with E-state index in [4.69, 9.17) is 4.74 Å². The maximum Gasteiger partial charge on any atom is 0.311 e. The van der Waals surface area contributed by atoms with E-state index in [1.165, 1.54) is 0 Å². The summed E-state index contributed by atoms with van der Waals surface area (Å²) in [5.74, 6) is -0.204. The first kappa shape index (κ1) is 12.8. The van der Waals surface area contributed by atoms with Crippen molar-refractivity contribution in [3.63, 3.8) is 0 Å². The van der Waals surface area contributed by atoms with Crippen LogP contribution in [0.5, 0.6) is 5.75 Å². The molecule has 1 fully saturated rings. The molecule has 1 aromatic rings. The minimum Gasteiger partial charge on any atom is -0.486 e. The standard InChI is InChI=1S/C12H15FN2O3/c13-10-3-4-11(15(16)17)12(6-10)18-8-9-2-1-5-14-7-9/h3-4,6,9,14H,1-2,5,7-8H2. The fourth-order valence-corrected chi connectivity index (χ4v) is 2.03. The largest absolute Gasteiger partial charge is 0.486 e. The van der Waals surface area contributed by atoms with Crippen LogP contribution >= 0.6 is 0 Å². The maximum atomic E-state index is 13.1. The van der Waals surface area contributed by atoms with Crippen LogP contribution in [0.1, 0.15) is 12.8 Å². The first-order chi connectivity index (χ1) is 8.66. The molecule has 5 nitrogen and oxygen atoms in total. The third-order valence-corrected chi connectivity index (χ3v) is 2.99. The van der Waals surface area contributed by atoms with E-state index in [2.05, 4.69) is 5.32 Å². The average molecular weight is 254 g/mol. The summed E-state index contributed by atoms with van der Waals surface area (Å²) in [6, 6.07) is 3.26. The molecule has 1 unspecified atom stereocenters. The molecule has 0 amide bonds. The molecule has 1 heterocycles. The third kappa shape index (κ3) is 3.16. The van der Waals surface area contributed by atoms with E-state index in [1.807, 2.05) is 0 Å². The number of hydrogen-bond acceptors (Lipinski definition) is 4. The Morgan fingerprint density at radius 3 is 3.06 bits per heavy atom. The van der Waals surface area contributed by atoms with Crippen molar-refractivity contribution in [3.05, 3.63) is 34.1 Å². The molecular formula is C12H15FN2O3. The summed E-state index contributed by atoms with van der Waals surface area (Å²) in [6.07, 6.45) is 2.09. The van der Waals surface area contributed by atoms with Crippen LogP contribution in [-0.4, -0.2) is 24.6 Å². The van der Waals surface area contributed by atoms with Gasteiger partial charge in [-0.05, 0) is 25.5 Å². The molecule has 98 valence electrons. The van der Waals surface area contributed by atoms with Gasteiger partial charge >= 0.3 is 5.69 Å². The Hall–Kier alpha value is -1.69. The van der Waals surface area contributed by atoms with Gasteiger partial charge in [0.05, 0.1) is 11.5 Å². The lowest BCUT2D eigenvalue weighted by Crippen LogP contribution is -2.33. The van der Waals surface area contributed by atoms with Gasteiger partial charge in [-0.15, -0.1) is 0 Å². The van der Waals surface area contributed by atoms with E-state index in [0.29, 0.717) is 12.5 Å². The first-order valence-electron chi connectivity index (χ1n) is 5.94. The molecule has 1 saturated heterocycles. The van der Waals surface area contributed by atoms with Gasteiger partial charge in [0.15, 0.2) is 5.75 Å². The van der Waals surface area contributed by atoms with E-state index in [-0.39, 0.29) is 11.4 Å². The number of hydrogen-bond donors (Lipinski definition) is 1. The Labute approximate surface area is 104 Å². The van der Waals surface area contributed by atoms with Crippen molar-refractivity contribution in [1.29, 1.82) is 0 Å². The molecule has 1 aliphatic rings. The van der Waals surface area contributed by atoms with Gasteiger partial charge in [0, 0.05) is 24.6 Å². The number of ether oxygens (including phenoxy) is 1. The second-order valence-electron chi connectivity index (χ2n) is 4.39. The SMILES string of the molecule is O=[N+]([O-])c1ccc(F)cc1OCC1CCCNC1. The van der Waals surface area contributed by atoms with Crippen molar-refractivity contribution in [2.75, 3.05) is 19.7 Å². The Morgan fingerprint density at radius 2 is 2.39 bits per heavy atom. The molecule has 1 atom stereocenters. The van der Waals surface area contributed by atoms with Crippen LogP contribution in [0.25, 0.3) is 0 Å². The summed E-state index contributed by atoms with van der Waals surface area (Å²) < 4.78 is 18.5. The first-order valence-corrected chi connectivity index (χ1v) is 5.94. The zero-order valence-corrected chi connectivity index (χ0v) is 9.89. The van der Waals surface area contributed by atoms with E-state index in [1.54, 1.807) is 0 Å². The molecule has 1 N–H and O–H groups in total. The highest BCUT2D eigenvalue weighted by Gasteiger charge is 2.19. The summed E-state index contributed by atoms with van der Waals surface area (Å²) in [7, 11) is 0. The van der Waals surface area contributed by atoms with Gasteiger partial charge < -0.3 is 10.1 Å². The van der Waals surface area contributed by atoms with Gasteiger partial charge in [0.2, 0.25) is 0 Å². The highest BCUT2D eigenvalue weighted by Crippen LogP contribution is 2.28. The van der Waals surface area contributed by atoms with Gasteiger partial charge in [-0.2, -0.15) is 0 Å². The van der Waals surface area contributed by atoms with Crippen LogP contribution in [-0.2, 0) is 0 Å². The lowest BCUT2D eigenvalue weighted by Gasteiger charge is -2.22. The van der Waals surface area contributed by atoms with Crippen LogP contribution in [0.2, 0.25) is 0 Å². The molecule has 0 saturated carbocycles.